The summed E-state index contributed by atoms with van der Waals surface area (Å²) in [7, 11) is 0. The lowest BCUT2D eigenvalue weighted by Gasteiger charge is -2.23. The highest BCUT2D eigenvalue weighted by Crippen LogP contribution is 2.51. The van der Waals surface area contributed by atoms with E-state index in [-0.39, 0.29) is 0 Å². The van der Waals surface area contributed by atoms with Gasteiger partial charge in [-0.15, -0.1) is 0 Å². The molecule has 0 amide bonds. The Morgan fingerprint density at radius 1 is 0.190 bits per heavy atom. The topological polar surface area (TPSA) is 0 Å². The Morgan fingerprint density at radius 3 is 1.28 bits per heavy atom. The van der Waals surface area contributed by atoms with Crippen LogP contribution in [0.4, 0.5) is 0 Å². The molecule has 0 atom stereocenters. The molecule has 0 saturated carbocycles. The van der Waals surface area contributed by atoms with Crippen molar-refractivity contribution in [3.63, 3.8) is 0 Å². The summed E-state index contributed by atoms with van der Waals surface area (Å²) in [5, 5.41) is 17.7. The quantitative estimate of drug-likeness (QED) is 0.125. The average Bonchev–Trinajstić information content (AvgIpc) is 3.30. The van der Waals surface area contributed by atoms with Crippen molar-refractivity contribution in [3.05, 3.63) is 218 Å². The van der Waals surface area contributed by atoms with E-state index in [1.54, 1.807) is 0 Å². The molecule has 0 spiro atoms. The van der Waals surface area contributed by atoms with Crippen molar-refractivity contribution in [2.24, 2.45) is 0 Å². The van der Waals surface area contributed by atoms with Gasteiger partial charge in [-0.1, -0.05) is 212 Å². The van der Waals surface area contributed by atoms with Crippen LogP contribution in [0, 0.1) is 0 Å². The average molecular weight is 733 g/mol. The van der Waals surface area contributed by atoms with Crippen molar-refractivity contribution >= 4 is 75.4 Å². The van der Waals surface area contributed by atoms with Crippen molar-refractivity contribution in [1.82, 2.24) is 0 Å². The summed E-state index contributed by atoms with van der Waals surface area (Å²) >= 11 is 0. The second-order valence-electron chi connectivity index (χ2n) is 15.5. The zero-order valence-electron chi connectivity index (χ0n) is 31.8. The fraction of sp³-hybridized carbons (Fsp3) is 0. The van der Waals surface area contributed by atoms with Crippen LogP contribution >= 0.6 is 0 Å². The van der Waals surface area contributed by atoms with Gasteiger partial charge in [-0.05, 0) is 126 Å². The van der Waals surface area contributed by atoms with E-state index >= 15 is 0 Å². The van der Waals surface area contributed by atoms with Crippen molar-refractivity contribution in [3.8, 4) is 44.5 Å². The Labute approximate surface area is 336 Å². The van der Waals surface area contributed by atoms with E-state index in [0.29, 0.717) is 0 Å². The van der Waals surface area contributed by atoms with Gasteiger partial charge in [0.15, 0.2) is 0 Å². The lowest BCUT2D eigenvalue weighted by atomic mass is 9.79. The van der Waals surface area contributed by atoms with E-state index < -0.39 is 0 Å². The molecular weight excluding hydrogens is 697 g/mol. The van der Waals surface area contributed by atoms with Crippen LogP contribution in [0.5, 0.6) is 0 Å². The second-order valence-corrected chi connectivity index (χ2v) is 15.5. The van der Waals surface area contributed by atoms with E-state index in [2.05, 4.69) is 218 Å². The molecule has 0 nitrogen and oxygen atoms in total. The van der Waals surface area contributed by atoms with Gasteiger partial charge >= 0.3 is 0 Å². The van der Waals surface area contributed by atoms with Crippen LogP contribution in [-0.4, -0.2) is 0 Å². The SMILES string of the molecule is c1cc(-c2ccc3ccccc3c2)c(-c2c3ccccc3c(-c3cccc4c5ccccc5c5ccccc5c34)c3ccccc23)c(-c2cccc3ccccc23)c1. The minimum atomic E-state index is 1.21. The molecule has 0 aromatic heterocycles. The number of hydrogen-bond donors (Lipinski definition) is 0. The summed E-state index contributed by atoms with van der Waals surface area (Å²) in [5.74, 6) is 0. The molecule has 0 bridgehead atoms. The predicted molar refractivity (Wildman–Crippen MR) is 251 cm³/mol. The molecule has 12 aromatic rings. The highest BCUT2D eigenvalue weighted by atomic mass is 14.3. The third-order valence-corrected chi connectivity index (χ3v) is 12.4. The highest BCUT2D eigenvalue weighted by molar-refractivity contribution is 6.32. The lowest BCUT2D eigenvalue weighted by molar-refractivity contribution is 1.60. The number of benzene rings is 12. The fourth-order valence-corrected chi connectivity index (χ4v) is 9.96. The first-order valence-corrected chi connectivity index (χ1v) is 20.2. The van der Waals surface area contributed by atoms with Gasteiger partial charge in [-0.2, -0.15) is 0 Å². The smallest absolute Gasteiger partial charge is 0.00139 e. The summed E-state index contributed by atoms with van der Waals surface area (Å²) in [5.41, 5.74) is 9.95. The Morgan fingerprint density at radius 2 is 0.603 bits per heavy atom. The van der Waals surface area contributed by atoms with Crippen LogP contribution in [0.15, 0.2) is 218 Å². The molecule has 0 saturated heterocycles. The molecule has 12 rings (SSSR count). The van der Waals surface area contributed by atoms with E-state index in [1.165, 1.54) is 120 Å². The number of fused-ring (bicyclic) bond motifs is 10. The van der Waals surface area contributed by atoms with Crippen LogP contribution in [0.1, 0.15) is 0 Å². The second kappa shape index (κ2) is 13.0. The van der Waals surface area contributed by atoms with Crippen molar-refractivity contribution in [2.45, 2.75) is 0 Å². The van der Waals surface area contributed by atoms with Crippen molar-refractivity contribution in [1.29, 1.82) is 0 Å². The monoisotopic (exact) mass is 732 g/mol. The Bertz CT molecular complexity index is 3520. The van der Waals surface area contributed by atoms with E-state index in [0.717, 1.165) is 0 Å². The molecule has 0 radical (unpaired) electrons. The van der Waals surface area contributed by atoms with Crippen molar-refractivity contribution < 1.29 is 0 Å². The number of rotatable bonds is 4. The van der Waals surface area contributed by atoms with Gasteiger partial charge in [-0.3, -0.25) is 0 Å². The zero-order chi connectivity index (χ0) is 38.2. The van der Waals surface area contributed by atoms with Gasteiger partial charge in [0.1, 0.15) is 0 Å². The van der Waals surface area contributed by atoms with Gasteiger partial charge in [0.05, 0.1) is 0 Å². The molecule has 0 aliphatic heterocycles. The Hall–Kier alpha value is -7.54. The van der Waals surface area contributed by atoms with E-state index in [4.69, 9.17) is 0 Å². The molecular formula is C58H36. The molecule has 0 N–H and O–H groups in total. The summed E-state index contributed by atoms with van der Waals surface area (Å²) < 4.78 is 0. The molecule has 0 heteroatoms. The molecule has 0 fully saturated rings. The summed E-state index contributed by atoms with van der Waals surface area (Å²) in [6.45, 7) is 0. The molecule has 0 unspecified atom stereocenters. The highest BCUT2D eigenvalue weighted by Gasteiger charge is 2.24. The largest absolute Gasteiger partial charge is 0.0616 e. The van der Waals surface area contributed by atoms with Crippen LogP contribution in [-0.2, 0) is 0 Å². The maximum Gasteiger partial charge on any atom is -0.00139 e. The van der Waals surface area contributed by atoms with Crippen LogP contribution in [0.2, 0.25) is 0 Å². The Kier molecular flexibility index (Phi) is 7.33. The Balaban J connectivity index is 1.25. The fourth-order valence-electron chi connectivity index (χ4n) is 9.96. The first kappa shape index (κ1) is 32.7. The third-order valence-electron chi connectivity index (χ3n) is 12.4. The van der Waals surface area contributed by atoms with Gasteiger partial charge in [0.25, 0.3) is 0 Å². The summed E-state index contributed by atoms with van der Waals surface area (Å²) in [6.07, 6.45) is 0. The predicted octanol–water partition coefficient (Wildman–Crippen LogP) is 16.4. The van der Waals surface area contributed by atoms with Crippen LogP contribution in [0.3, 0.4) is 0 Å². The number of hydrogen-bond acceptors (Lipinski definition) is 0. The molecule has 12 aromatic carbocycles. The molecule has 0 aliphatic carbocycles. The normalized spacial score (nSPS) is 11.8. The first-order chi connectivity index (χ1) is 28.8. The van der Waals surface area contributed by atoms with Gasteiger partial charge in [-0.25, -0.2) is 0 Å². The summed E-state index contributed by atoms with van der Waals surface area (Å²) in [4.78, 5) is 0. The first-order valence-electron chi connectivity index (χ1n) is 20.2. The maximum atomic E-state index is 2.37. The lowest BCUT2D eigenvalue weighted by Crippen LogP contribution is -1.96. The van der Waals surface area contributed by atoms with Gasteiger partial charge in [0.2, 0.25) is 0 Å². The zero-order valence-corrected chi connectivity index (χ0v) is 31.8. The third kappa shape index (κ3) is 4.89. The van der Waals surface area contributed by atoms with Crippen molar-refractivity contribution in [2.75, 3.05) is 0 Å². The molecule has 58 heavy (non-hydrogen) atoms. The molecule has 0 aliphatic rings. The van der Waals surface area contributed by atoms with Crippen LogP contribution in [0.25, 0.3) is 120 Å². The minimum absolute atomic E-state index is 1.21. The molecule has 0 heterocycles. The standard InChI is InChI=1S/C58H36/c1-2-18-39-36-40(35-34-37(39)16-1)42-29-14-32-49(43-30-13-19-38-17-3-4-20-41(38)43)57(42)58-52-27-11-9-25-50(52)56(51-26-10-12-28-53(51)58)54-33-15-31-48-46-22-6-5-21-44(46)45-23-7-8-24-47(45)55(48)54/h1-36H. The van der Waals surface area contributed by atoms with E-state index in [9.17, 15) is 0 Å². The molecule has 268 valence electrons. The maximum absolute atomic E-state index is 2.37. The van der Waals surface area contributed by atoms with Gasteiger partial charge < -0.3 is 0 Å². The van der Waals surface area contributed by atoms with E-state index in [1.807, 2.05) is 0 Å². The summed E-state index contributed by atoms with van der Waals surface area (Å²) in [6, 6.07) is 81.0. The van der Waals surface area contributed by atoms with Gasteiger partial charge in [0, 0.05) is 0 Å². The van der Waals surface area contributed by atoms with Crippen LogP contribution < -0.4 is 0 Å². The minimum Gasteiger partial charge on any atom is -0.0616 e.